The highest BCUT2D eigenvalue weighted by atomic mass is 32.2. The number of benzene rings is 1. The summed E-state index contributed by atoms with van der Waals surface area (Å²) in [5.41, 5.74) is 2.51. The number of nitrogens with one attached hydrogen (secondary N) is 1. The molecule has 0 saturated carbocycles. The van der Waals surface area contributed by atoms with Crippen LogP contribution < -0.4 is 5.32 Å². The average molecular weight is 361 g/mol. The van der Waals surface area contributed by atoms with Crippen LogP contribution in [0, 0.1) is 6.92 Å². The van der Waals surface area contributed by atoms with Gasteiger partial charge in [0.2, 0.25) is 5.91 Å². The molecule has 4 rings (SSSR count). The molecule has 8 heteroatoms. The summed E-state index contributed by atoms with van der Waals surface area (Å²) in [7, 11) is -3.05. The number of carbonyl (C=O) groups excluding carboxylic acids is 1. The number of aromatic nitrogens is 2. The quantitative estimate of drug-likeness (QED) is 0.848. The molecule has 2 aliphatic rings. The zero-order chi connectivity index (χ0) is 17.8. The molecule has 132 valence electrons. The second kappa shape index (κ2) is 5.59. The molecule has 3 heterocycles. The molecule has 0 radical (unpaired) electrons. The van der Waals surface area contributed by atoms with Gasteiger partial charge in [0, 0.05) is 17.9 Å². The fourth-order valence-electron chi connectivity index (χ4n) is 3.83. The molecule has 2 atom stereocenters. The van der Waals surface area contributed by atoms with Gasteiger partial charge in [0.25, 0.3) is 0 Å². The van der Waals surface area contributed by atoms with E-state index < -0.39 is 9.84 Å². The summed E-state index contributed by atoms with van der Waals surface area (Å²) in [6.07, 6.45) is 0.772. The van der Waals surface area contributed by atoms with Gasteiger partial charge in [0.05, 0.1) is 23.2 Å². The van der Waals surface area contributed by atoms with E-state index in [2.05, 4.69) is 10.4 Å². The molecule has 2 N–H and O–H groups in total. The molecule has 1 fully saturated rings. The van der Waals surface area contributed by atoms with Gasteiger partial charge < -0.3 is 10.4 Å². The first-order valence-electron chi connectivity index (χ1n) is 8.22. The summed E-state index contributed by atoms with van der Waals surface area (Å²) in [6.45, 7) is 1.87. The lowest BCUT2D eigenvalue weighted by Crippen LogP contribution is -2.26. The van der Waals surface area contributed by atoms with E-state index in [1.165, 1.54) is 0 Å². The highest BCUT2D eigenvalue weighted by Crippen LogP contribution is 2.41. The van der Waals surface area contributed by atoms with Gasteiger partial charge in [0.15, 0.2) is 9.84 Å². The number of hydrogen-bond donors (Lipinski definition) is 2. The molecule has 2 aromatic rings. The molecule has 0 bridgehead atoms. The third kappa shape index (κ3) is 2.80. The van der Waals surface area contributed by atoms with Crippen LogP contribution in [-0.4, -0.2) is 40.7 Å². The number of sulfone groups is 1. The van der Waals surface area contributed by atoms with E-state index >= 15 is 0 Å². The topological polar surface area (TPSA) is 101 Å². The highest BCUT2D eigenvalue weighted by Gasteiger charge is 2.37. The Hall–Kier alpha value is -2.35. The maximum atomic E-state index is 12.3. The van der Waals surface area contributed by atoms with Gasteiger partial charge in [-0.3, -0.25) is 4.79 Å². The Morgan fingerprint density at radius 2 is 2.16 bits per heavy atom. The lowest BCUT2D eigenvalue weighted by molar-refractivity contribution is -0.116. The third-order valence-electron chi connectivity index (χ3n) is 4.95. The van der Waals surface area contributed by atoms with Crippen molar-refractivity contribution in [3.63, 3.8) is 0 Å². The molecular formula is C17H19N3O4S. The standard InChI is InChI=1S/C17H19N3O4S/c1-10-16-14(11-3-2-4-13(21)7-11)8-15(22)18-17(16)20(19-10)12-5-6-25(23,24)9-12/h2-4,7,12,14,21H,5-6,8-9H2,1H3,(H,18,22)/t12-,14-/m1/s1. The minimum absolute atomic E-state index is 0.0488. The third-order valence-corrected chi connectivity index (χ3v) is 6.70. The van der Waals surface area contributed by atoms with Crippen molar-refractivity contribution in [2.24, 2.45) is 0 Å². The summed E-state index contributed by atoms with van der Waals surface area (Å²) in [4.78, 5) is 12.3. The van der Waals surface area contributed by atoms with Crippen molar-refractivity contribution in [1.29, 1.82) is 0 Å². The van der Waals surface area contributed by atoms with Gasteiger partial charge in [-0.15, -0.1) is 0 Å². The molecule has 1 amide bonds. The number of amides is 1. The SMILES string of the molecule is Cc1nn([C@@H]2CCS(=O)(=O)C2)c2c1[C@@H](c1cccc(O)c1)CC(=O)N2. The maximum absolute atomic E-state index is 12.3. The smallest absolute Gasteiger partial charge is 0.226 e. The Bertz CT molecular complexity index is 964. The van der Waals surface area contributed by atoms with Crippen LogP contribution >= 0.6 is 0 Å². The van der Waals surface area contributed by atoms with Gasteiger partial charge in [-0.05, 0) is 31.0 Å². The maximum Gasteiger partial charge on any atom is 0.226 e. The lowest BCUT2D eigenvalue weighted by atomic mass is 9.85. The van der Waals surface area contributed by atoms with Gasteiger partial charge in [0.1, 0.15) is 11.6 Å². The Morgan fingerprint density at radius 1 is 1.36 bits per heavy atom. The van der Waals surface area contributed by atoms with Crippen molar-refractivity contribution in [2.75, 3.05) is 16.8 Å². The molecule has 0 unspecified atom stereocenters. The predicted molar refractivity (Wildman–Crippen MR) is 92.5 cm³/mol. The minimum Gasteiger partial charge on any atom is -0.508 e. The Labute approximate surface area is 145 Å². The monoisotopic (exact) mass is 361 g/mol. The van der Waals surface area contributed by atoms with E-state index in [0.717, 1.165) is 16.8 Å². The Balaban J connectivity index is 1.81. The van der Waals surface area contributed by atoms with Crippen LogP contribution in [0.15, 0.2) is 24.3 Å². The van der Waals surface area contributed by atoms with E-state index in [9.17, 15) is 18.3 Å². The molecule has 2 aliphatic heterocycles. The zero-order valence-electron chi connectivity index (χ0n) is 13.8. The van der Waals surface area contributed by atoms with E-state index in [1.54, 1.807) is 22.9 Å². The lowest BCUT2D eigenvalue weighted by Gasteiger charge is -2.25. The van der Waals surface area contributed by atoms with Crippen LogP contribution in [0.1, 0.15) is 41.6 Å². The Kier molecular flexibility index (Phi) is 3.61. The van der Waals surface area contributed by atoms with Crippen molar-refractivity contribution >= 4 is 21.6 Å². The van der Waals surface area contributed by atoms with Gasteiger partial charge in [-0.25, -0.2) is 13.1 Å². The van der Waals surface area contributed by atoms with Gasteiger partial charge in [-0.2, -0.15) is 5.10 Å². The second-order valence-corrected chi connectivity index (χ2v) is 8.98. The number of aromatic hydroxyl groups is 1. The number of nitrogens with zero attached hydrogens (tertiary/aromatic N) is 2. The van der Waals surface area contributed by atoms with Crippen molar-refractivity contribution in [3.05, 3.63) is 41.1 Å². The number of fused-ring (bicyclic) bond motifs is 1. The summed E-state index contributed by atoms with van der Waals surface area (Å²) in [6, 6.07) is 6.62. The van der Waals surface area contributed by atoms with Crippen LogP contribution in [0.25, 0.3) is 0 Å². The molecule has 25 heavy (non-hydrogen) atoms. The van der Waals surface area contributed by atoms with Crippen LogP contribution in [0.2, 0.25) is 0 Å². The number of phenolic OH excluding ortho intramolecular Hbond substituents is 1. The molecule has 1 saturated heterocycles. The average Bonchev–Trinajstić information content (AvgIpc) is 3.06. The summed E-state index contributed by atoms with van der Waals surface area (Å²) in [5.74, 6) is 0.592. The highest BCUT2D eigenvalue weighted by molar-refractivity contribution is 7.91. The van der Waals surface area contributed by atoms with E-state index in [4.69, 9.17) is 0 Å². The van der Waals surface area contributed by atoms with Crippen LogP contribution in [0.3, 0.4) is 0 Å². The minimum atomic E-state index is -3.05. The molecule has 0 aliphatic carbocycles. The molecule has 7 nitrogen and oxygen atoms in total. The van der Waals surface area contributed by atoms with Crippen molar-refractivity contribution in [1.82, 2.24) is 9.78 Å². The predicted octanol–water partition coefficient (Wildman–Crippen LogP) is 1.73. The number of anilines is 1. The molecule has 0 spiro atoms. The number of aryl methyl sites for hydroxylation is 1. The van der Waals surface area contributed by atoms with Crippen molar-refractivity contribution in [2.45, 2.75) is 31.7 Å². The molecular weight excluding hydrogens is 342 g/mol. The van der Waals surface area contributed by atoms with Crippen molar-refractivity contribution < 1.29 is 18.3 Å². The van der Waals surface area contributed by atoms with E-state index in [1.807, 2.05) is 13.0 Å². The van der Waals surface area contributed by atoms with Gasteiger partial charge >= 0.3 is 0 Å². The largest absolute Gasteiger partial charge is 0.508 e. The first-order valence-corrected chi connectivity index (χ1v) is 10.0. The summed E-state index contributed by atoms with van der Waals surface area (Å²) < 4.78 is 25.3. The fraction of sp³-hybridized carbons (Fsp3) is 0.412. The number of phenols is 1. The van der Waals surface area contributed by atoms with E-state index in [0.29, 0.717) is 12.2 Å². The number of hydrogen-bond acceptors (Lipinski definition) is 5. The van der Waals surface area contributed by atoms with Crippen LogP contribution in [-0.2, 0) is 14.6 Å². The normalized spacial score (nSPS) is 24.8. The first-order chi connectivity index (χ1) is 11.8. The first kappa shape index (κ1) is 16.1. The number of rotatable bonds is 2. The van der Waals surface area contributed by atoms with Crippen LogP contribution in [0.5, 0.6) is 5.75 Å². The molecule has 1 aromatic heterocycles. The molecule has 1 aromatic carbocycles. The zero-order valence-corrected chi connectivity index (χ0v) is 14.6. The van der Waals surface area contributed by atoms with Crippen LogP contribution in [0.4, 0.5) is 5.82 Å². The summed E-state index contributed by atoms with van der Waals surface area (Å²) >= 11 is 0. The second-order valence-electron chi connectivity index (χ2n) is 6.75. The number of carbonyl (C=O) groups is 1. The van der Waals surface area contributed by atoms with E-state index in [-0.39, 0.29) is 41.5 Å². The summed E-state index contributed by atoms with van der Waals surface area (Å²) in [5, 5.41) is 17.2. The Morgan fingerprint density at radius 3 is 2.84 bits per heavy atom. The fourth-order valence-corrected chi connectivity index (χ4v) is 5.52. The van der Waals surface area contributed by atoms with Gasteiger partial charge in [-0.1, -0.05) is 12.1 Å². The van der Waals surface area contributed by atoms with Crippen molar-refractivity contribution in [3.8, 4) is 5.75 Å².